The lowest BCUT2D eigenvalue weighted by Gasteiger charge is -2.34. The molecule has 4 unspecified atom stereocenters. The summed E-state index contributed by atoms with van der Waals surface area (Å²) in [5, 5.41) is 5.49. The van der Waals surface area contributed by atoms with Crippen LogP contribution in [0.1, 0.15) is 118 Å². The first-order valence-corrected chi connectivity index (χ1v) is 18.1. The molecule has 4 rings (SSSR count). The number of hydrogen-bond donors (Lipinski definition) is 2. The third-order valence-corrected chi connectivity index (χ3v) is 10.5. The molecule has 0 aliphatic heterocycles. The van der Waals surface area contributed by atoms with Crippen molar-refractivity contribution in [2.24, 2.45) is 0 Å². The average Bonchev–Trinajstić information content (AvgIpc) is 3.02. The number of rotatable bonds is 17. The molecular formula is C42H62N2+2. The second-order valence-electron chi connectivity index (χ2n) is 13.9. The second-order valence-corrected chi connectivity index (χ2v) is 13.9. The summed E-state index contributed by atoms with van der Waals surface area (Å²) in [6, 6.07) is 30.5. The maximum atomic E-state index is 2.49. The van der Waals surface area contributed by atoms with Crippen LogP contribution in [0.4, 0.5) is 0 Å². The summed E-state index contributed by atoms with van der Waals surface area (Å²) in [6.07, 6.45) is 10.1. The molecule has 2 N–H and O–H groups in total. The third-order valence-electron chi connectivity index (χ3n) is 10.5. The number of nitrogens with one attached hydrogen (secondary N) is 2. The van der Waals surface area contributed by atoms with E-state index in [2.05, 4.69) is 128 Å². The summed E-state index contributed by atoms with van der Waals surface area (Å²) in [5.41, 5.74) is 5.97. The van der Waals surface area contributed by atoms with Gasteiger partial charge in [0.1, 0.15) is 13.1 Å². The monoisotopic (exact) mass is 594 g/mol. The molecule has 0 aromatic heterocycles. The SMILES string of the molecule is CCCC(C)[NH+](Cc1ccc2ccccc2c1-c1c(C[NH+](C(C)CCC)C(C)CCC)ccc2ccccc12)C(C)CCC. The minimum Gasteiger partial charge on any atom is -0.327 e. The van der Waals surface area contributed by atoms with Crippen molar-refractivity contribution in [2.75, 3.05) is 0 Å². The van der Waals surface area contributed by atoms with Crippen molar-refractivity contribution >= 4 is 21.5 Å². The summed E-state index contributed by atoms with van der Waals surface area (Å²) < 4.78 is 0. The quantitative estimate of drug-likeness (QED) is 0.121. The van der Waals surface area contributed by atoms with Crippen LogP contribution in [-0.2, 0) is 13.1 Å². The van der Waals surface area contributed by atoms with Crippen LogP contribution < -0.4 is 9.80 Å². The Kier molecular flexibility index (Phi) is 12.9. The zero-order valence-electron chi connectivity index (χ0n) is 29.3. The molecule has 0 radical (unpaired) electrons. The van der Waals surface area contributed by atoms with Crippen LogP contribution in [0.3, 0.4) is 0 Å². The van der Waals surface area contributed by atoms with Gasteiger partial charge in [0.15, 0.2) is 0 Å². The van der Waals surface area contributed by atoms with Crippen molar-refractivity contribution in [3.05, 3.63) is 83.9 Å². The normalized spacial score (nSPS) is 16.1. The molecule has 238 valence electrons. The van der Waals surface area contributed by atoms with Gasteiger partial charge in [0.05, 0.1) is 24.2 Å². The van der Waals surface area contributed by atoms with Gasteiger partial charge in [-0.3, -0.25) is 0 Å². The molecular weight excluding hydrogens is 532 g/mol. The van der Waals surface area contributed by atoms with Crippen molar-refractivity contribution in [3.63, 3.8) is 0 Å². The lowest BCUT2D eigenvalue weighted by Crippen LogP contribution is -3.17. The summed E-state index contributed by atoms with van der Waals surface area (Å²) in [4.78, 5) is 3.49. The van der Waals surface area contributed by atoms with Crippen molar-refractivity contribution in [2.45, 2.75) is 144 Å². The average molecular weight is 595 g/mol. The maximum absolute atomic E-state index is 2.49. The molecule has 2 nitrogen and oxygen atoms in total. The lowest BCUT2D eigenvalue weighted by atomic mass is 9.86. The van der Waals surface area contributed by atoms with E-state index >= 15 is 0 Å². The molecule has 0 fully saturated rings. The van der Waals surface area contributed by atoms with Crippen LogP contribution in [0.5, 0.6) is 0 Å². The number of fused-ring (bicyclic) bond motifs is 2. The highest BCUT2D eigenvalue weighted by atomic mass is 15.2. The van der Waals surface area contributed by atoms with E-state index in [1.807, 2.05) is 0 Å². The summed E-state index contributed by atoms with van der Waals surface area (Å²) >= 11 is 0. The van der Waals surface area contributed by atoms with Gasteiger partial charge in [-0.25, -0.2) is 0 Å². The zero-order chi connectivity index (χ0) is 31.6. The van der Waals surface area contributed by atoms with Crippen molar-refractivity contribution in [1.29, 1.82) is 0 Å². The first kappa shape index (κ1) is 34.2. The lowest BCUT2D eigenvalue weighted by molar-refractivity contribution is -0.960. The standard InChI is InChI=1S/C42H60N2/c1-9-17-31(5)43(32(6)18-10-2)29-37-27-25-35-21-13-15-23-39(35)41(37)42-38(28-26-36-22-14-16-24-40(36)42)30-44(33(7)19-11-3)34(8)20-12-4/h13-16,21-28,31-34H,9-12,17-20,29-30H2,1-8H3/p+2. The molecule has 0 bridgehead atoms. The van der Waals surface area contributed by atoms with Gasteiger partial charge in [-0.05, 0) is 86.1 Å². The highest BCUT2D eigenvalue weighted by Crippen LogP contribution is 2.39. The Balaban J connectivity index is 1.98. The number of quaternary nitrogens is 2. The van der Waals surface area contributed by atoms with E-state index in [4.69, 9.17) is 0 Å². The van der Waals surface area contributed by atoms with Crippen LogP contribution in [-0.4, -0.2) is 24.2 Å². The van der Waals surface area contributed by atoms with Gasteiger partial charge >= 0.3 is 0 Å². The fraction of sp³-hybridized carbons (Fsp3) is 0.524. The molecule has 0 heterocycles. The Hall–Kier alpha value is -2.68. The highest BCUT2D eigenvalue weighted by molar-refractivity contribution is 6.07. The zero-order valence-corrected chi connectivity index (χ0v) is 29.3. The predicted molar refractivity (Wildman–Crippen MR) is 194 cm³/mol. The highest BCUT2D eigenvalue weighted by Gasteiger charge is 2.29. The number of hydrogen-bond acceptors (Lipinski definition) is 0. The summed E-state index contributed by atoms with van der Waals surface area (Å²) in [6.45, 7) is 21.5. The Morgan fingerprint density at radius 3 is 1.07 bits per heavy atom. The van der Waals surface area contributed by atoms with Gasteiger partial charge < -0.3 is 9.80 Å². The number of benzene rings is 4. The molecule has 4 atom stereocenters. The largest absolute Gasteiger partial charge is 0.327 e. The first-order valence-electron chi connectivity index (χ1n) is 18.1. The van der Waals surface area contributed by atoms with Crippen LogP contribution in [0.15, 0.2) is 72.8 Å². The Morgan fingerprint density at radius 2 is 0.750 bits per heavy atom. The molecule has 0 aliphatic carbocycles. The second kappa shape index (κ2) is 16.6. The Labute approximate surface area is 269 Å². The molecule has 0 aliphatic rings. The van der Waals surface area contributed by atoms with E-state index in [9.17, 15) is 0 Å². The predicted octanol–water partition coefficient (Wildman–Crippen LogP) is 9.18. The summed E-state index contributed by atoms with van der Waals surface area (Å²) in [7, 11) is 0. The molecule has 0 amide bonds. The van der Waals surface area contributed by atoms with Gasteiger partial charge in [-0.2, -0.15) is 0 Å². The van der Waals surface area contributed by atoms with E-state index in [0.717, 1.165) is 13.1 Å². The maximum Gasteiger partial charge on any atom is 0.104 e. The van der Waals surface area contributed by atoms with E-state index in [1.165, 1.54) is 95.2 Å². The molecule has 44 heavy (non-hydrogen) atoms. The Bertz CT molecular complexity index is 1320. The van der Waals surface area contributed by atoms with Crippen LogP contribution in [0.2, 0.25) is 0 Å². The minimum absolute atomic E-state index is 0.637. The van der Waals surface area contributed by atoms with Gasteiger partial charge in [-0.1, -0.05) is 126 Å². The van der Waals surface area contributed by atoms with Crippen LogP contribution in [0, 0.1) is 0 Å². The van der Waals surface area contributed by atoms with E-state index in [1.54, 1.807) is 9.80 Å². The Morgan fingerprint density at radius 1 is 0.432 bits per heavy atom. The minimum atomic E-state index is 0.637. The van der Waals surface area contributed by atoms with Crippen molar-refractivity contribution < 1.29 is 9.80 Å². The van der Waals surface area contributed by atoms with Crippen molar-refractivity contribution in [1.82, 2.24) is 0 Å². The third kappa shape index (κ3) is 7.93. The molecule has 4 aromatic carbocycles. The fourth-order valence-corrected chi connectivity index (χ4v) is 8.10. The topological polar surface area (TPSA) is 8.88 Å². The van der Waals surface area contributed by atoms with E-state index in [-0.39, 0.29) is 0 Å². The van der Waals surface area contributed by atoms with Crippen LogP contribution >= 0.6 is 0 Å². The molecule has 2 heteroatoms. The molecule has 0 saturated heterocycles. The van der Waals surface area contributed by atoms with E-state index in [0.29, 0.717) is 24.2 Å². The first-order chi connectivity index (χ1) is 21.3. The van der Waals surface area contributed by atoms with E-state index < -0.39 is 0 Å². The van der Waals surface area contributed by atoms with Crippen LogP contribution in [0.25, 0.3) is 32.7 Å². The van der Waals surface area contributed by atoms with Gasteiger partial charge in [-0.15, -0.1) is 0 Å². The molecule has 0 saturated carbocycles. The molecule has 4 aromatic rings. The van der Waals surface area contributed by atoms with Gasteiger partial charge in [0.2, 0.25) is 0 Å². The van der Waals surface area contributed by atoms with Crippen molar-refractivity contribution in [3.8, 4) is 11.1 Å². The smallest absolute Gasteiger partial charge is 0.104 e. The van der Waals surface area contributed by atoms with Gasteiger partial charge in [0.25, 0.3) is 0 Å². The van der Waals surface area contributed by atoms with Gasteiger partial charge in [0, 0.05) is 11.1 Å². The fourth-order valence-electron chi connectivity index (χ4n) is 8.10. The summed E-state index contributed by atoms with van der Waals surface area (Å²) in [5.74, 6) is 0. The molecule has 0 spiro atoms.